The zero-order chi connectivity index (χ0) is 13.0. The van der Waals surface area contributed by atoms with Crippen LogP contribution in [0, 0.1) is 0 Å². The van der Waals surface area contributed by atoms with Crippen molar-refractivity contribution in [2.24, 2.45) is 5.73 Å². The second-order valence-corrected chi connectivity index (χ2v) is 6.02. The third-order valence-corrected chi connectivity index (χ3v) is 4.23. The Bertz CT molecular complexity index is 388. The fraction of sp³-hybridized carbons (Fsp3) is 0.600. The van der Waals surface area contributed by atoms with Crippen molar-refractivity contribution in [1.29, 1.82) is 0 Å². The highest BCUT2D eigenvalue weighted by molar-refractivity contribution is 9.10. The normalized spacial score (nSPS) is 17.9. The van der Waals surface area contributed by atoms with E-state index < -0.39 is 0 Å². The van der Waals surface area contributed by atoms with Gasteiger partial charge in [-0.3, -0.25) is 0 Å². The molecule has 2 rings (SSSR count). The Morgan fingerprint density at radius 3 is 2.72 bits per heavy atom. The van der Waals surface area contributed by atoms with E-state index >= 15 is 0 Å². The monoisotopic (exact) mass is 311 g/mol. The van der Waals surface area contributed by atoms with Gasteiger partial charge in [-0.05, 0) is 72.2 Å². The third kappa shape index (κ3) is 3.72. The molecule has 0 saturated heterocycles. The largest absolute Gasteiger partial charge is 0.489 e. The first-order valence-electron chi connectivity index (χ1n) is 6.89. The maximum atomic E-state index is 6.01. The number of hydrogen-bond acceptors (Lipinski definition) is 2. The zero-order valence-electron chi connectivity index (χ0n) is 11.0. The van der Waals surface area contributed by atoms with E-state index in [-0.39, 0.29) is 6.04 Å². The fourth-order valence-electron chi connectivity index (χ4n) is 2.40. The van der Waals surface area contributed by atoms with E-state index in [4.69, 9.17) is 10.5 Å². The smallest absolute Gasteiger partial charge is 0.133 e. The highest BCUT2D eigenvalue weighted by Crippen LogP contribution is 2.31. The Morgan fingerprint density at radius 2 is 2.11 bits per heavy atom. The fourth-order valence-corrected chi connectivity index (χ4v) is 2.92. The summed E-state index contributed by atoms with van der Waals surface area (Å²) in [5.41, 5.74) is 7.25. The lowest BCUT2D eigenvalue weighted by Gasteiger charge is -2.16. The van der Waals surface area contributed by atoms with Gasteiger partial charge < -0.3 is 10.5 Å². The molecule has 1 aliphatic rings. The summed E-state index contributed by atoms with van der Waals surface area (Å²) in [5.74, 6) is 0.968. The van der Waals surface area contributed by atoms with E-state index in [1.54, 1.807) is 0 Å². The number of benzene rings is 1. The molecule has 18 heavy (non-hydrogen) atoms. The molecule has 0 heterocycles. The molecule has 1 atom stereocenters. The summed E-state index contributed by atoms with van der Waals surface area (Å²) in [5, 5.41) is 0. The van der Waals surface area contributed by atoms with Crippen LogP contribution in [0.1, 0.15) is 44.6 Å². The SMILES string of the molecule is CCC(N)Cc1ccc(OC2CCCC2)c(Br)c1. The highest BCUT2D eigenvalue weighted by atomic mass is 79.9. The number of ether oxygens (including phenoxy) is 1. The van der Waals surface area contributed by atoms with Crippen LogP contribution in [-0.2, 0) is 6.42 Å². The molecule has 1 unspecified atom stereocenters. The molecular formula is C15H22BrNO. The lowest BCUT2D eigenvalue weighted by molar-refractivity contribution is 0.208. The summed E-state index contributed by atoms with van der Waals surface area (Å²) in [6.45, 7) is 2.12. The van der Waals surface area contributed by atoms with E-state index in [2.05, 4.69) is 41.1 Å². The van der Waals surface area contributed by atoms with Crippen LogP contribution in [-0.4, -0.2) is 12.1 Å². The second-order valence-electron chi connectivity index (χ2n) is 5.16. The average Bonchev–Trinajstić information content (AvgIpc) is 2.85. The van der Waals surface area contributed by atoms with E-state index in [0.717, 1.165) is 23.1 Å². The summed E-state index contributed by atoms with van der Waals surface area (Å²) in [6, 6.07) is 6.59. The van der Waals surface area contributed by atoms with Crippen LogP contribution in [0.3, 0.4) is 0 Å². The maximum absolute atomic E-state index is 6.01. The molecule has 1 fully saturated rings. The molecule has 1 aromatic carbocycles. The maximum Gasteiger partial charge on any atom is 0.133 e. The Labute approximate surface area is 118 Å². The molecular weight excluding hydrogens is 290 g/mol. The van der Waals surface area contributed by atoms with Crippen LogP contribution in [0.5, 0.6) is 5.75 Å². The predicted molar refractivity (Wildman–Crippen MR) is 79.0 cm³/mol. The van der Waals surface area contributed by atoms with Gasteiger partial charge in [0, 0.05) is 6.04 Å². The topological polar surface area (TPSA) is 35.2 Å². The Morgan fingerprint density at radius 1 is 1.39 bits per heavy atom. The predicted octanol–water partition coefficient (Wildman–Crippen LogP) is 4.05. The number of halogens is 1. The molecule has 1 aromatic rings. The second kappa shape index (κ2) is 6.58. The van der Waals surface area contributed by atoms with E-state index in [1.807, 2.05) is 0 Å². The van der Waals surface area contributed by atoms with Crippen LogP contribution >= 0.6 is 15.9 Å². The summed E-state index contributed by atoms with van der Waals surface area (Å²) >= 11 is 3.60. The lowest BCUT2D eigenvalue weighted by Crippen LogP contribution is -2.21. The molecule has 0 bridgehead atoms. The van der Waals surface area contributed by atoms with Gasteiger partial charge in [-0.15, -0.1) is 0 Å². The number of nitrogens with two attached hydrogens (primary N) is 1. The molecule has 1 saturated carbocycles. The molecule has 1 aliphatic carbocycles. The number of rotatable bonds is 5. The summed E-state index contributed by atoms with van der Waals surface area (Å²) < 4.78 is 7.07. The van der Waals surface area contributed by atoms with Crippen molar-refractivity contribution < 1.29 is 4.74 Å². The molecule has 0 spiro atoms. The summed E-state index contributed by atoms with van der Waals surface area (Å²) in [4.78, 5) is 0. The van der Waals surface area contributed by atoms with Gasteiger partial charge in [-0.2, -0.15) is 0 Å². The minimum atomic E-state index is 0.249. The van der Waals surface area contributed by atoms with Crippen LogP contribution in [0.4, 0.5) is 0 Å². The molecule has 100 valence electrons. The van der Waals surface area contributed by atoms with Crippen molar-refractivity contribution in [3.63, 3.8) is 0 Å². The standard InChI is InChI=1S/C15H22BrNO/c1-2-12(17)9-11-7-8-15(14(16)10-11)18-13-5-3-4-6-13/h7-8,10,12-13H,2-6,9,17H2,1H3. The third-order valence-electron chi connectivity index (χ3n) is 3.61. The lowest BCUT2D eigenvalue weighted by atomic mass is 10.0. The number of hydrogen-bond donors (Lipinski definition) is 1. The van der Waals surface area contributed by atoms with Gasteiger partial charge in [0.25, 0.3) is 0 Å². The van der Waals surface area contributed by atoms with Crippen LogP contribution in [0.25, 0.3) is 0 Å². The van der Waals surface area contributed by atoms with Gasteiger partial charge in [0.15, 0.2) is 0 Å². The first kappa shape index (κ1) is 13.9. The summed E-state index contributed by atoms with van der Waals surface area (Å²) in [6.07, 6.45) is 7.32. The quantitative estimate of drug-likeness (QED) is 0.890. The zero-order valence-corrected chi connectivity index (χ0v) is 12.6. The van der Waals surface area contributed by atoms with E-state index in [9.17, 15) is 0 Å². The van der Waals surface area contributed by atoms with Crippen molar-refractivity contribution in [2.75, 3.05) is 0 Å². The Kier molecular flexibility index (Phi) is 5.07. The molecule has 3 heteroatoms. The minimum Gasteiger partial charge on any atom is -0.489 e. The van der Waals surface area contributed by atoms with E-state index in [0.29, 0.717) is 6.10 Å². The van der Waals surface area contributed by atoms with Gasteiger partial charge >= 0.3 is 0 Å². The molecule has 0 aliphatic heterocycles. The molecule has 0 radical (unpaired) electrons. The molecule has 2 N–H and O–H groups in total. The van der Waals surface area contributed by atoms with Crippen molar-refractivity contribution in [3.05, 3.63) is 28.2 Å². The van der Waals surface area contributed by atoms with Crippen molar-refractivity contribution in [2.45, 2.75) is 57.6 Å². The van der Waals surface area contributed by atoms with E-state index in [1.165, 1.54) is 31.2 Å². The van der Waals surface area contributed by atoms with Gasteiger partial charge in [0.2, 0.25) is 0 Å². The molecule has 2 nitrogen and oxygen atoms in total. The summed E-state index contributed by atoms with van der Waals surface area (Å²) in [7, 11) is 0. The molecule has 0 aromatic heterocycles. The minimum absolute atomic E-state index is 0.249. The van der Waals surface area contributed by atoms with Crippen LogP contribution in [0.15, 0.2) is 22.7 Å². The van der Waals surface area contributed by atoms with Gasteiger partial charge in [-0.25, -0.2) is 0 Å². The average molecular weight is 312 g/mol. The first-order valence-corrected chi connectivity index (χ1v) is 7.69. The van der Waals surface area contributed by atoms with Crippen molar-refractivity contribution >= 4 is 15.9 Å². The first-order chi connectivity index (χ1) is 8.69. The van der Waals surface area contributed by atoms with Gasteiger partial charge in [0.1, 0.15) is 5.75 Å². The Balaban J connectivity index is 2.00. The van der Waals surface area contributed by atoms with Crippen LogP contribution < -0.4 is 10.5 Å². The Hall–Kier alpha value is -0.540. The van der Waals surface area contributed by atoms with Crippen molar-refractivity contribution in [1.82, 2.24) is 0 Å². The van der Waals surface area contributed by atoms with Gasteiger partial charge in [-0.1, -0.05) is 13.0 Å². The highest BCUT2D eigenvalue weighted by Gasteiger charge is 2.17. The van der Waals surface area contributed by atoms with Gasteiger partial charge in [0.05, 0.1) is 10.6 Å². The van der Waals surface area contributed by atoms with Crippen molar-refractivity contribution in [3.8, 4) is 5.75 Å². The molecule has 0 amide bonds. The van der Waals surface area contributed by atoms with Crippen LogP contribution in [0.2, 0.25) is 0 Å².